The summed E-state index contributed by atoms with van der Waals surface area (Å²) in [6.07, 6.45) is 0.466. The van der Waals surface area contributed by atoms with Crippen molar-refractivity contribution in [3.63, 3.8) is 0 Å². The Morgan fingerprint density at radius 1 is 1.05 bits per heavy atom. The van der Waals surface area contributed by atoms with E-state index in [1.54, 1.807) is 50.4 Å². The molecule has 2 aliphatic heterocycles. The van der Waals surface area contributed by atoms with Gasteiger partial charge in [-0.15, -0.1) is 11.3 Å². The number of phenols is 1. The Labute approximate surface area is 260 Å². The van der Waals surface area contributed by atoms with Crippen LogP contribution in [0.5, 0.6) is 5.75 Å². The Bertz CT molecular complexity index is 1660. The molecule has 3 aromatic carbocycles. The Hall–Kier alpha value is -4.48. The summed E-state index contributed by atoms with van der Waals surface area (Å²) in [7, 11) is 0. The van der Waals surface area contributed by atoms with E-state index in [0.717, 1.165) is 31.9 Å². The van der Waals surface area contributed by atoms with Gasteiger partial charge < -0.3 is 20.2 Å². The molecule has 10 nitrogen and oxygen atoms in total. The summed E-state index contributed by atoms with van der Waals surface area (Å²) in [6.45, 7) is 5.34. The topological polar surface area (TPSA) is 109 Å². The van der Waals surface area contributed by atoms with Gasteiger partial charge in [0.2, 0.25) is 11.8 Å². The second-order valence-electron chi connectivity index (χ2n) is 11.2. The van der Waals surface area contributed by atoms with E-state index in [1.165, 1.54) is 0 Å². The molecule has 6 rings (SSSR count). The number of piperazine rings is 1. The third-order valence-corrected chi connectivity index (χ3v) is 9.11. The number of hydrazine groups is 1. The molecule has 0 aliphatic carbocycles. The van der Waals surface area contributed by atoms with Gasteiger partial charge in [-0.05, 0) is 48.2 Å². The SMILES string of the molecule is CCCN(C(=O)NCc1ccccc1)N1CC(=O)N2[C@@H](Cc3ccc(O)cc3)C(=O)N(Cc3cccc4sc(C)nc34)C[C@@H]21. The predicted molar refractivity (Wildman–Crippen MR) is 168 cm³/mol. The lowest BCUT2D eigenvalue weighted by Gasteiger charge is -2.46. The Kier molecular flexibility index (Phi) is 8.49. The van der Waals surface area contributed by atoms with Crippen molar-refractivity contribution < 1.29 is 19.5 Å². The fourth-order valence-corrected chi connectivity index (χ4v) is 6.99. The van der Waals surface area contributed by atoms with Crippen molar-refractivity contribution in [2.45, 2.75) is 52.0 Å². The molecule has 2 atom stereocenters. The monoisotopic (exact) mass is 612 g/mol. The maximum atomic E-state index is 14.2. The Balaban J connectivity index is 1.31. The number of carbonyl (C=O) groups excluding carboxylic acids is 3. The first-order valence-electron chi connectivity index (χ1n) is 14.9. The molecule has 0 bridgehead atoms. The van der Waals surface area contributed by atoms with Crippen LogP contribution >= 0.6 is 11.3 Å². The van der Waals surface area contributed by atoms with Crippen molar-refractivity contribution in [3.8, 4) is 5.75 Å². The zero-order valence-electron chi connectivity index (χ0n) is 24.8. The molecule has 0 spiro atoms. The smallest absolute Gasteiger partial charge is 0.332 e. The fraction of sp³-hybridized carbons (Fsp3) is 0.333. The molecule has 0 saturated carbocycles. The standard InChI is InChI=1S/C33H36N6O4S/c1-3-16-37(33(43)34-18-24-8-5-4-6-9-24)38-21-30(41)39-27(17-23-12-14-26(40)15-13-23)32(42)36(20-29(38)39)19-25-10-7-11-28-31(25)35-22(2)44-28/h4-15,27,29,40H,3,16-21H2,1-2H3,(H,34,43)/t27-,29+/m0/s1. The highest BCUT2D eigenvalue weighted by atomic mass is 32.1. The van der Waals surface area contributed by atoms with Crippen LogP contribution in [0.1, 0.15) is 35.0 Å². The average Bonchev–Trinajstić information content (AvgIpc) is 3.57. The summed E-state index contributed by atoms with van der Waals surface area (Å²) in [5, 5.41) is 17.2. The summed E-state index contributed by atoms with van der Waals surface area (Å²) in [4.78, 5) is 49.6. The summed E-state index contributed by atoms with van der Waals surface area (Å²) in [6, 6.07) is 21.4. The van der Waals surface area contributed by atoms with Crippen LogP contribution in [-0.2, 0) is 29.1 Å². The first-order chi connectivity index (χ1) is 21.3. The number of fused-ring (bicyclic) bond motifs is 2. The summed E-state index contributed by atoms with van der Waals surface area (Å²) >= 11 is 1.62. The van der Waals surface area contributed by atoms with Crippen molar-refractivity contribution in [1.29, 1.82) is 0 Å². The van der Waals surface area contributed by atoms with Gasteiger partial charge >= 0.3 is 6.03 Å². The molecule has 44 heavy (non-hydrogen) atoms. The largest absolute Gasteiger partial charge is 0.508 e. The van der Waals surface area contributed by atoms with Crippen molar-refractivity contribution >= 4 is 39.4 Å². The molecule has 11 heteroatoms. The third kappa shape index (κ3) is 5.97. The number of rotatable bonds is 9. The molecule has 4 aromatic rings. The first-order valence-corrected chi connectivity index (χ1v) is 15.7. The zero-order valence-corrected chi connectivity index (χ0v) is 25.7. The van der Waals surface area contributed by atoms with Crippen LogP contribution in [0, 0.1) is 6.92 Å². The molecule has 0 radical (unpaired) electrons. The molecule has 1 aromatic heterocycles. The second-order valence-corrected chi connectivity index (χ2v) is 12.5. The molecule has 0 unspecified atom stereocenters. The van der Waals surface area contributed by atoms with Gasteiger partial charge in [0.25, 0.3) is 0 Å². The van der Waals surface area contributed by atoms with E-state index in [2.05, 4.69) is 5.32 Å². The molecule has 4 amide bonds. The van der Waals surface area contributed by atoms with Crippen LogP contribution in [0.3, 0.4) is 0 Å². The number of para-hydroxylation sites is 1. The quantitative estimate of drug-likeness (QED) is 0.292. The molecular formula is C33H36N6O4S. The van der Waals surface area contributed by atoms with E-state index >= 15 is 0 Å². The van der Waals surface area contributed by atoms with Gasteiger partial charge in [-0.2, -0.15) is 5.01 Å². The van der Waals surface area contributed by atoms with E-state index in [4.69, 9.17) is 4.98 Å². The molecule has 2 fully saturated rings. The van der Waals surface area contributed by atoms with E-state index < -0.39 is 12.2 Å². The number of hydrogen-bond acceptors (Lipinski definition) is 7. The van der Waals surface area contributed by atoms with Crippen LogP contribution in [-0.4, -0.2) is 79.6 Å². The number of benzene rings is 3. The number of carbonyl (C=O) groups is 3. The van der Waals surface area contributed by atoms with Gasteiger partial charge in [0.05, 0.1) is 28.3 Å². The number of phenolic OH excluding ortho intramolecular Hbond substituents is 1. The number of aryl methyl sites for hydroxylation is 1. The molecule has 2 aliphatic rings. The summed E-state index contributed by atoms with van der Waals surface area (Å²) < 4.78 is 1.06. The first kappa shape index (κ1) is 29.6. The number of aromatic nitrogens is 1. The minimum Gasteiger partial charge on any atom is -0.508 e. The van der Waals surface area contributed by atoms with Crippen LogP contribution in [0.4, 0.5) is 4.79 Å². The van der Waals surface area contributed by atoms with Crippen LogP contribution in [0.2, 0.25) is 0 Å². The third-order valence-electron chi connectivity index (χ3n) is 8.17. The predicted octanol–water partition coefficient (Wildman–Crippen LogP) is 4.27. The van der Waals surface area contributed by atoms with Gasteiger partial charge in [0.15, 0.2) is 0 Å². The van der Waals surface area contributed by atoms with Gasteiger partial charge in [-0.1, -0.05) is 61.5 Å². The number of nitrogens with one attached hydrogen (secondary N) is 1. The van der Waals surface area contributed by atoms with E-state index in [0.29, 0.717) is 32.5 Å². The van der Waals surface area contributed by atoms with E-state index in [9.17, 15) is 19.5 Å². The maximum absolute atomic E-state index is 14.2. The highest BCUT2D eigenvalue weighted by Gasteiger charge is 2.52. The highest BCUT2D eigenvalue weighted by Crippen LogP contribution is 2.32. The Morgan fingerprint density at radius 2 is 1.82 bits per heavy atom. The van der Waals surface area contributed by atoms with Crippen LogP contribution < -0.4 is 5.32 Å². The van der Waals surface area contributed by atoms with Crippen molar-refractivity contribution in [2.75, 3.05) is 19.6 Å². The fourth-order valence-electron chi connectivity index (χ4n) is 6.12. The molecule has 2 N–H and O–H groups in total. The number of thiazole rings is 1. The molecular weight excluding hydrogens is 576 g/mol. The van der Waals surface area contributed by atoms with Gasteiger partial charge in [0.1, 0.15) is 18.0 Å². The lowest BCUT2D eigenvalue weighted by atomic mass is 9.99. The van der Waals surface area contributed by atoms with Crippen LogP contribution in [0.15, 0.2) is 72.8 Å². The lowest BCUT2D eigenvalue weighted by molar-refractivity contribution is -0.157. The second kappa shape index (κ2) is 12.6. The normalized spacial score (nSPS) is 18.6. The van der Waals surface area contributed by atoms with Crippen molar-refractivity contribution in [1.82, 2.24) is 30.1 Å². The van der Waals surface area contributed by atoms with Crippen LogP contribution in [0.25, 0.3) is 10.2 Å². The zero-order chi connectivity index (χ0) is 30.8. The maximum Gasteiger partial charge on any atom is 0.332 e. The molecule has 2 saturated heterocycles. The number of amides is 4. The van der Waals surface area contributed by atoms with Gasteiger partial charge in [0, 0.05) is 26.1 Å². The van der Waals surface area contributed by atoms with E-state index in [1.807, 2.05) is 67.4 Å². The van der Waals surface area contributed by atoms with Gasteiger partial charge in [-0.25, -0.2) is 9.78 Å². The summed E-state index contributed by atoms with van der Waals surface area (Å²) in [5.74, 6) is -0.208. The number of urea groups is 1. The number of hydrogen-bond donors (Lipinski definition) is 2. The highest BCUT2D eigenvalue weighted by molar-refractivity contribution is 7.18. The summed E-state index contributed by atoms with van der Waals surface area (Å²) in [5.41, 5.74) is 3.63. The Morgan fingerprint density at radius 3 is 2.57 bits per heavy atom. The molecule has 3 heterocycles. The number of nitrogens with zero attached hydrogens (tertiary/aromatic N) is 5. The minimum atomic E-state index is -0.761. The number of aromatic hydroxyl groups is 1. The van der Waals surface area contributed by atoms with E-state index in [-0.39, 0.29) is 36.7 Å². The van der Waals surface area contributed by atoms with Gasteiger partial charge in [-0.3, -0.25) is 14.6 Å². The van der Waals surface area contributed by atoms with Crippen molar-refractivity contribution in [3.05, 3.63) is 94.5 Å². The molecule has 228 valence electrons. The lowest BCUT2D eigenvalue weighted by Crippen LogP contribution is -2.66. The minimum absolute atomic E-state index is 0.00250. The average molecular weight is 613 g/mol. The van der Waals surface area contributed by atoms with Crippen molar-refractivity contribution in [2.24, 2.45) is 0 Å².